The molecule has 96 valence electrons. The normalized spacial score (nSPS) is 21.4. The smallest absolute Gasteiger partial charge is 0.214 e. The molecule has 0 spiro atoms. The fourth-order valence-corrected chi connectivity index (χ4v) is 5.30. The summed E-state index contributed by atoms with van der Waals surface area (Å²) < 4.78 is 24.5. The Kier molecular flexibility index (Phi) is 7.56. The van der Waals surface area contributed by atoms with Crippen LogP contribution in [0.25, 0.3) is 0 Å². The summed E-state index contributed by atoms with van der Waals surface area (Å²) in [6.07, 6.45) is 5.78. The van der Waals surface area contributed by atoms with Gasteiger partial charge in [-0.2, -0.15) is 0 Å². The van der Waals surface area contributed by atoms with Gasteiger partial charge in [-0.25, -0.2) is 13.1 Å². The molecule has 3 nitrogen and oxygen atoms in total. The zero-order valence-corrected chi connectivity index (χ0v) is 12.4. The average Bonchev–Trinajstić information content (AvgIpc) is 2.76. The van der Waals surface area contributed by atoms with Gasteiger partial charge in [-0.05, 0) is 19.3 Å². The quantitative estimate of drug-likeness (QED) is 0.425. The molecule has 1 aliphatic rings. The first-order valence-electron chi connectivity index (χ1n) is 5.45. The molecule has 1 heterocycles. The van der Waals surface area contributed by atoms with Crippen LogP contribution in [0.3, 0.4) is 0 Å². The van der Waals surface area contributed by atoms with Crippen LogP contribution in [0.4, 0.5) is 0 Å². The SMILES string of the molecule is O=S(=O)(CCl)NCCCCCC1CCSS1. The van der Waals surface area contributed by atoms with Crippen LogP contribution in [0, 0.1) is 0 Å². The number of unbranched alkanes of at least 4 members (excludes halogenated alkanes) is 2. The van der Waals surface area contributed by atoms with Crippen molar-refractivity contribution in [2.45, 2.75) is 37.4 Å². The number of nitrogens with one attached hydrogen (secondary N) is 1. The Morgan fingerprint density at radius 1 is 1.31 bits per heavy atom. The molecule has 1 rings (SSSR count). The van der Waals surface area contributed by atoms with Gasteiger partial charge in [0.2, 0.25) is 10.0 Å². The minimum atomic E-state index is -3.21. The molecule has 1 atom stereocenters. The van der Waals surface area contributed by atoms with Crippen LogP contribution in [0.2, 0.25) is 0 Å². The van der Waals surface area contributed by atoms with Gasteiger partial charge in [-0.1, -0.05) is 34.4 Å². The number of alkyl halides is 1. The predicted molar refractivity (Wildman–Crippen MR) is 74.6 cm³/mol. The second-order valence-electron chi connectivity index (χ2n) is 3.80. The van der Waals surface area contributed by atoms with E-state index >= 15 is 0 Å². The van der Waals surface area contributed by atoms with E-state index in [1.807, 2.05) is 21.6 Å². The first-order valence-corrected chi connectivity index (χ1v) is 10.0. The third-order valence-corrected chi connectivity index (χ3v) is 7.20. The molecule has 1 aliphatic heterocycles. The highest BCUT2D eigenvalue weighted by atomic mass is 35.5. The van der Waals surface area contributed by atoms with Gasteiger partial charge in [0, 0.05) is 17.5 Å². The summed E-state index contributed by atoms with van der Waals surface area (Å²) in [6.45, 7) is 0.515. The van der Waals surface area contributed by atoms with Gasteiger partial charge in [0.15, 0.2) is 0 Å². The highest BCUT2D eigenvalue weighted by Gasteiger charge is 2.15. The maximum absolute atomic E-state index is 11.0. The van der Waals surface area contributed by atoms with Gasteiger partial charge in [-0.15, -0.1) is 11.6 Å². The highest BCUT2D eigenvalue weighted by molar-refractivity contribution is 8.77. The lowest BCUT2D eigenvalue weighted by Crippen LogP contribution is -2.25. The monoisotopic (exact) mass is 303 g/mol. The molecule has 1 N–H and O–H groups in total. The molecule has 0 amide bonds. The van der Waals surface area contributed by atoms with Gasteiger partial charge < -0.3 is 0 Å². The Balaban J connectivity index is 1.92. The van der Waals surface area contributed by atoms with Crippen LogP contribution in [0.15, 0.2) is 0 Å². The van der Waals surface area contributed by atoms with Crippen molar-refractivity contribution in [3.63, 3.8) is 0 Å². The molecular weight excluding hydrogens is 286 g/mol. The summed E-state index contributed by atoms with van der Waals surface area (Å²) >= 11 is 5.26. The van der Waals surface area contributed by atoms with Crippen LogP contribution in [0.1, 0.15) is 32.1 Å². The van der Waals surface area contributed by atoms with Crippen LogP contribution in [0.5, 0.6) is 0 Å². The maximum Gasteiger partial charge on any atom is 0.225 e. The standard InChI is InChI=1S/C9H18ClNO2S3/c10-8-16(12,13)11-6-3-1-2-4-9-5-7-14-15-9/h9,11H,1-8H2. The number of halogens is 1. The Morgan fingerprint density at radius 3 is 2.75 bits per heavy atom. The molecule has 1 unspecified atom stereocenters. The number of sulfonamides is 1. The largest absolute Gasteiger partial charge is 0.225 e. The van der Waals surface area contributed by atoms with E-state index in [2.05, 4.69) is 4.72 Å². The van der Waals surface area contributed by atoms with Crippen LogP contribution in [-0.2, 0) is 10.0 Å². The zero-order chi connectivity index (χ0) is 11.9. The van der Waals surface area contributed by atoms with Crippen LogP contribution in [-0.4, -0.2) is 31.2 Å². The van der Waals surface area contributed by atoms with Gasteiger partial charge in [-0.3, -0.25) is 0 Å². The molecule has 0 aliphatic carbocycles. The minimum Gasteiger partial charge on any atom is -0.214 e. The molecule has 1 fully saturated rings. The third kappa shape index (κ3) is 6.59. The van der Waals surface area contributed by atoms with Gasteiger partial charge >= 0.3 is 0 Å². The predicted octanol–water partition coefficient (Wildman–Crippen LogP) is 2.82. The van der Waals surface area contributed by atoms with E-state index in [0.717, 1.165) is 18.1 Å². The molecule has 0 bridgehead atoms. The summed E-state index contributed by atoms with van der Waals surface area (Å²) in [7, 11) is 0.755. The summed E-state index contributed by atoms with van der Waals surface area (Å²) in [5, 5.41) is 0.479. The van der Waals surface area contributed by atoms with Crippen molar-refractivity contribution in [1.29, 1.82) is 0 Å². The van der Waals surface area contributed by atoms with Crippen molar-refractivity contribution in [2.24, 2.45) is 0 Å². The second-order valence-corrected chi connectivity index (χ2v) is 8.97. The minimum absolute atomic E-state index is 0.344. The molecule has 16 heavy (non-hydrogen) atoms. The first kappa shape index (κ1) is 15.0. The van der Waals surface area contributed by atoms with Crippen LogP contribution < -0.4 is 4.72 Å². The lowest BCUT2D eigenvalue weighted by molar-refractivity contribution is 0.574. The Morgan fingerprint density at radius 2 is 2.12 bits per heavy atom. The first-order chi connectivity index (χ1) is 7.64. The van der Waals surface area contributed by atoms with E-state index in [4.69, 9.17) is 11.6 Å². The van der Waals surface area contributed by atoms with Crippen molar-refractivity contribution >= 4 is 43.2 Å². The molecule has 1 saturated heterocycles. The van der Waals surface area contributed by atoms with Crippen molar-refractivity contribution < 1.29 is 8.42 Å². The molecule has 0 saturated carbocycles. The fraction of sp³-hybridized carbons (Fsp3) is 1.00. The van der Waals surface area contributed by atoms with Gasteiger partial charge in [0.25, 0.3) is 0 Å². The molecule has 0 radical (unpaired) electrons. The lowest BCUT2D eigenvalue weighted by Gasteiger charge is -2.07. The summed E-state index contributed by atoms with van der Waals surface area (Å²) in [5.41, 5.74) is 0. The molecule has 0 aromatic rings. The maximum atomic E-state index is 11.0. The van der Waals surface area contributed by atoms with Crippen LogP contribution >= 0.6 is 33.2 Å². The number of rotatable bonds is 8. The molecular formula is C9H18ClNO2S3. The fourth-order valence-electron chi connectivity index (χ4n) is 1.50. The lowest BCUT2D eigenvalue weighted by atomic mass is 10.1. The number of hydrogen-bond donors (Lipinski definition) is 1. The second kappa shape index (κ2) is 8.08. The van der Waals surface area contributed by atoms with E-state index in [9.17, 15) is 8.42 Å². The van der Waals surface area contributed by atoms with E-state index in [1.165, 1.54) is 25.0 Å². The van der Waals surface area contributed by atoms with Gasteiger partial charge in [0.05, 0.1) is 0 Å². The molecule has 0 aromatic heterocycles. The Labute approximate surface area is 111 Å². The Hall–Kier alpha value is 0.900. The average molecular weight is 304 g/mol. The summed E-state index contributed by atoms with van der Waals surface area (Å²) in [4.78, 5) is 0. The van der Waals surface area contributed by atoms with Crippen molar-refractivity contribution in [2.75, 3.05) is 17.5 Å². The molecule has 0 aromatic carbocycles. The van der Waals surface area contributed by atoms with Gasteiger partial charge in [0.1, 0.15) is 5.21 Å². The van der Waals surface area contributed by atoms with E-state index in [1.54, 1.807) is 0 Å². The van der Waals surface area contributed by atoms with E-state index in [-0.39, 0.29) is 5.21 Å². The third-order valence-electron chi connectivity index (χ3n) is 2.40. The topological polar surface area (TPSA) is 46.2 Å². The Bertz CT molecular complexity index is 278. The van der Waals surface area contributed by atoms with Crippen molar-refractivity contribution in [3.05, 3.63) is 0 Å². The summed E-state index contributed by atoms with van der Waals surface area (Å²) in [5.74, 6) is 1.28. The van der Waals surface area contributed by atoms with Crippen molar-refractivity contribution in [3.8, 4) is 0 Å². The number of hydrogen-bond acceptors (Lipinski definition) is 4. The van der Waals surface area contributed by atoms with E-state index < -0.39 is 10.0 Å². The summed E-state index contributed by atoms with van der Waals surface area (Å²) in [6, 6.07) is 0. The van der Waals surface area contributed by atoms with Crippen molar-refractivity contribution in [1.82, 2.24) is 4.72 Å². The molecule has 7 heteroatoms. The zero-order valence-electron chi connectivity index (χ0n) is 9.15. The highest BCUT2D eigenvalue weighted by Crippen LogP contribution is 2.39. The van der Waals surface area contributed by atoms with E-state index in [0.29, 0.717) is 6.54 Å².